The molecule has 0 saturated heterocycles. The van der Waals surface area contributed by atoms with E-state index in [1.165, 1.54) is 21.1 Å². The molecule has 3 rings (SSSR count). The van der Waals surface area contributed by atoms with Crippen LogP contribution in [0.3, 0.4) is 0 Å². The minimum Gasteiger partial charge on any atom is -0.365 e. The molecule has 0 spiro atoms. The molecule has 0 bridgehead atoms. The lowest BCUT2D eigenvalue weighted by atomic mass is 9.95. The highest BCUT2D eigenvalue weighted by Crippen LogP contribution is 2.37. The van der Waals surface area contributed by atoms with Gasteiger partial charge in [-0.05, 0) is 66.4 Å². The molecule has 0 radical (unpaired) electrons. The molecule has 2 amide bonds. The minimum absolute atomic E-state index is 0.0784. The van der Waals surface area contributed by atoms with Gasteiger partial charge in [0.15, 0.2) is 0 Å². The lowest BCUT2D eigenvalue weighted by molar-refractivity contribution is -0.116. The number of halogens is 1. The number of nitrogens with zero attached hydrogens (tertiary/aromatic N) is 1. The molecule has 5 nitrogen and oxygen atoms in total. The minimum atomic E-state index is -0.444. The molecule has 26 heavy (non-hydrogen) atoms. The van der Waals surface area contributed by atoms with E-state index >= 15 is 0 Å². The fourth-order valence-corrected chi connectivity index (χ4v) is 6.05. The Morgan fingerprint density at radius 1 is 1.27 bits per heavy atom. The second-order valence-corrected chi connectivity index (χ2v) is 10.2. The topological polar surface area (TPSA) is 75.4 Å². The molecule has 2 aromatic heterocycles. The molecular formula is C18H22BrN3O2S2. The smallest absolute Gasteiger partial charge is 0.251 e. The molecule has 0 aliphatic heterocycles. The van der Waals surface area contributed by atoms with Crippen molar-refractivity contribution in [1.82, 2.24) is 4.90 Å². The van der Waals surface area contributed by atoms with Crippen LogP contribution in [-0.2, 0) is 24.2 Å². The predicted octanol–water partition coefficient (Wildman–Crippen LogP) is 4.01. The number of nitrogens with two attached hydrogens (primary N) is 1. The number of aryl methyl sites for hydroxylation is 1. The van der Waals surface area contributed by atoms with Crippen LogP contribution in [0.2, 0.25) is 0 Å². The zero-order valence-electron chi connectivity index (χ0n) is 14.6. The van der Waals surface area contributed by atoms with Gasteiger partial charge in [0.25, 0.3) is 5.91 Å². The summed E-state index contributed by atoms with van der Waals surface area (Å²) >= 11 is 6.67. The first-order valence-electron chi connectivity index (χ1n) is 8.61. The van der Waals surface area contributed by atoms with Crippen LogP contribution >= 0.6 is 38.6 Å². The third-order valence-corrected chi connectivity index (χ3v) is 7.26. The summed E-state index contributed by atoms with van der Waals surface area (Å²) in [6.07, 6.45) is 4.42. The molecule has 0 fully saturated rings. The molecule has 2 heterocycles. The summed E-state index contributed by atoms with van der Waals surface area (Å²) in [4.78, 5) is 28.8. The van der Waals surface area contributed by atoms with Crippen molar-refractivity contribution in [3.63, 3.8) is 0 Å². The molecule has 8 heteroatoms. The molecule has 2 aromatic rings. The van der Waals surface area contributed by atoms with E-state index in [9.17, 15) is 9.59 Å². The Morgan fingerprint density at radius 2 is 2.04 bits per heavy atom. The maximum atomic E-state index is 12.4. The van der Waals surface area contributed by atoms with Crippen molar-refractivity contribution < 1.29 is 9.59 Å². The third-order valence-electron chi connectivity index (χ3n) is 4.45. The van der Waals surface area contributed by atoms with Crippen LogP contribution in [0.15, 0.2) is 15.9 Å². The van der Waals surface area contributed by atoms with Gasteiger partial charge in [0, 0.05) is 29.3 Å². The summed E-state index contributed by atoms with van der Waals surface area (Å²) in [5, 5.41) is 3.54. The monoisotopic (exact) mass is 455 g/mol. The zero-order valence-corrected chi connectivity index (χ0v) is 17.9. The molecule has 1 aliphatic rings. The van der Waals surface area contributed by atoms with Gasteiger partial charge in [0.2, 0.25) is 5.91 Å². The number of nitrogens with one attached hydrogen (secondary N) is 1. The van der Waals surface area contributed by atoms with Gasteiger partial charge in [0.05, 0.1) is 9.35 Å². The fourth-order valence-electron chi connectivity index (χ4n) is 3.18. The van der Waals surface area contributed by atoms with E-state index in [1.54, 1.807) is 11.3 Å². The first kappa shape index (κ1) is 19.5. The van der Waals surface area contributed by atoms with E-state index in [-0.39, 0.29) is 5.91 Å². The number of thiophene rings is 2. The summed E-state index contributed by atoms with van der Waals surface area (Å²) in [5.41, 5.74) is 7.14. The highest BCUT2D eigenvalue weighted by atomic mass is 79.9. The molecule has 3 N–H and O–H groups in total. The summed E-state index contributed by atoms with van der Waals surface area (Å²) in [6.45, 7) is 1.46. The van der Waals surface area contributed by atoms with Crippen LogP contribution < -0.4 is 11.1 Å². The maximum absolute atomic E-state index is 12.4. The fraction of sp³-hybridized carbons (Fsp3) is 0.444. The largest absolute Gasteiger partial charge is 0.365 e. The Morgan fingerprint density at radius 3 is 2.73 bits per heavy atom. The van der Waals surface area contributed by atoms with E-state index in [0.29, 0.717) is 23.5 Å². The van der Waals surface area contributed by atoms with Crippen LogP contribution in [0.25, 0.3) is 0 Å². The van der Waals surface area contributed by atoms with Gasteiger partial charge in [-0.3, -0.25) is 9.59 Å². The van der Waals surface area contributed by atoms with Crippen molar-refractivity contribution >= 4 is 55.4 Å². The number of rotatable bonds is 7. The quantitative estimate of drug-likeness (QED) is 0.661. The highest BCUT2D eigenvalue weighted by Gasteiger charge is 2.24. The number of carbonyl (C=O) groups is 2. The summed E-state index contributed by atoms with van der Waals surface area (Å²) in [5.74, 6) is -0.523. The molecule has 0 aromatic carbocycles. The average Bonchev–Trinajstić information content (AvgIpc) is 3.15. The molecular weight excluding hydrogens is 434 g/mol. The highest BCUT2D eigenvalue weighted by molar-refractivity contribution is 9.11. The van der Waals surface area contributed by atoms with E-state index < -0.39 is 5.91 Å². The van der Waals surface area contributed by atoms with Crippen LogP contribution in [0, 0.1) is 0 Å². The molecule has 0 saturated carbocycles. The van der Waals surface area contributed by atoms with Crippen LogP contribution in [0.4, 0.5) is 5.00 Å². The maximum Gasteiger partial charge on any atom is 0.251 e. The van der Waals surface area contributed by atoms with E-state index in [0.717, 1.165) is 41.6 Å². The van der Waals surface area contributed by atoms with E-state index in [4.69, 9.17) is 5.73 Å². The Balaban J connectivity index is 1.58. The number of amides is 2. The van der Waals surface area contributed by atoms with Crippen molar-refractivity contribution in [2.75, 3.05) is 18.9 Å². The van der Waals surface area contributed by atoms with Crippen molar-refractivity contribution in [1.29, 1.82) is 0 Å². The summed E-state index contributed by atoms with van der Waals surface area (Å²) in [7, 11) is 2.00. The Hall–Kier alpha value is -1.22. The second-order valence-electron chi connectivity index (χ2n) is 6.52. The van der Waals surface area contributed by atoms with Gasteiger partial charge < -0.3 is 16.0 Å². The van der Waals surface area contributed by atoms with E-state index in [2.05, 4.69) is 32.2 Å². The third kappa shape index (κ3) is 4.73. The number of carbonyl (C=O) groups excluding carboxylic acids is 2. The normalized spacial score (nSPS) is 13.7. The van der Waals surface area contributed by atoms with Gasteiger partial charge in [-0.15, -0.1) is 22.7 Å². The second kappa shape index (κ2) is 8.65. The Bertz CT molecular complexity index is 815. The lowest BCUT2D eigenvalue weighted by Gasteiger charge is -2.15. The van der Waals surface area contributed by atoms with Crippen LogP contribution in [0.1, 0.15) is 44.9 Å². The predicted molar refractivity (Wildman–Crippen MR) is 111 cm³/mol. The van der Waals surface area contributed by atoms with Crippen molar-refractivity contribution in [3.05, 3.63) is 36.8 Å². The Kier molecular flexibility index (Phi) is 6.50. The summed E-state index contributed by atoms with van der Waals surface area (Å²) in [6, 6.07) is 4.12. The molecule has 1 aliphatic carbocycles. The number of fused-ring (bicyclic) bond motifs is 1. The molecule has 140 valence electrons. The number of hydrogen-bond acceptors (Lipinski definition) is 5. The molecule has 0 unspecified atom stereocenters. The van der Waals surface area contributed by atoms with E-state index in [1.807, 2.05) is 13.1 Å². The van der Waals surface area contributed by atoms with Gasteiger partial charge in [-0.25, -0.2) is 0 Å². The standard InChI is InChI=1S/C18H22BrN3O2S2/c1-22(10-11-6-7-14(19)25-11)9-8-15(23)21-18-16(17(20)24)12-4-2-3-5-13(12)26-18/h6-7H,2-5,8-10H2,1H3,(H2,20,24)(H,21,23). The van der Waals surface area contributed by atoms with Gasteiger partial charge >= 0.3 is 0 Å². The SMILES string of the molecule is CN(CCC(=O)Nc1sc2c(c1C(N)=O)CCCC2)Cc1ccc(Br)s1. The zero-order chi connectivity index (χ0) is 18.7. The number of primary amides is 1. The van der Waals surface area contributed by atoms with Gasteiger partial charge in [0.1, 0.15) is 5.00 Å². The Labute approximate surface area is 169 Å². The summed E-state index contributed by atoms with van der Waals surface area (Å²) < 4.78 is 1.11. The first-order valence-corrected chi connectivity index (χ1v) is 11.0. The van der Waals surface area contributed by atoms with Gasteiger partial charge in [-0.1, -0.05) is 0 Å². The lowest BCUT2D eigenvalue weighted by Crippen LogP contribution is -2.24. The number of hydrogen-bond donors (Lipinski definition) is 2. The van der Waals surface area contributed by atoms with Crippen molar-refractivity contribution in [3.8, 4) is 0 Å². The van der Waals surface area contributed by atoms with Gasteiger partial charge in [-0.2, -0.15) is 0 Å². The molecule has 0 atom stereocenters. The van der Waals surface area contributed by atoms with Crippen molar-refractivity contribution in [2.45, 2.75) is 38.6 Å². The van der Waals surface area contributed by atoms with Crippen LogP contribution in [0.5, 0.6) is 0 Å². The average molecular weight is 456 g/mol. The van der Waals surface area contributed by atoms with Crippen molar-refractivity contribution in [2.24, 2.45) is 5.73 Å². The first-order chi connectivity index (χ1) is 12.4. The van der Waals surface area contributed by atoms with Crippen LogP contribution in [-0.4, -0.2) is 30.3 Å². The number of anilines is 1.